The van der Waals surface area contributed by atoms with Crippen molar-refractivity contribution in [3.05, 3.63) is 29.8 Å². The zero-order chi connectivity index (χ0) is 9.56. The highest BCUT2D eigenvalue weighted by molar-refractivity contribution is 5.91. The lowest BCUT2D eigenvalue weighted by molar-refractivity contribution is 0.101. The van der Waals surface area contributed by atoms with Crippen molar-refractivity contribution >= 4 is 5.78 Å². The molecule has 0 bridgehead atoms. The van der Waals surface area contributed by atoms with Gasteiger partial charge in [0, 0.05) is 6.92 Å². The van der Waals surface area contributed by atoms with Crippen LogP contribution in [0.25, 0.3) is 0 Å². The average molecular weight is 169 g/mol. The van der Waals surface area contributed by atoms with Crippen molar-refractivity contribution in [1.82, 2.24) is 4.98 Å². The highest BCUT2D eigenvalue weighted by atomic mass is 19.1. The predicted molar refractivity (Wildman–Crippen MR) is 45.5 cm³/mol. The van der Waals surface area contributed by atoms with Gasteiger partial charge in [-0.25, -0.2) is 4.39 Å². The molecule has 2 nitrogen and oxygen atoms in total. The third kappa shape index (κ3) is 3.23. The number of ketones is 1. The van der Waals surface area contributed by atoms with Crippen LogP contribution in [0.15, 0.2) is 18.3 Å². The first-order valence-corrected chi connectivity index (χ1v) is 3.82. The highest BCUT2D eigenvalue weighted by Crippen LogP contribution is 1.97. The number of Topliss-reactive ketones (excluding diaryl/α,β-unsaturated/α-hetero) is 1. The van der Waals surface area contributed by atoms with Crippen LogP contribution in [0, 0.1) is 5.82 Å². The fourth-order valence-electron chi connectivity index (χ4n) is 0.584. The number of aromatic nitrogens is 1. The maximum absolute atomic E-state index is 12.2. The Balaban J connectivity index is 0.000000561. The largest absolute Gasteiger partial charge is 0.293 e. The highest BCUT2D eigenvalue weighted by Gasteiger charge is 1.98. The van der Waals surface area contributed by atoms with Crippen molar-refractivity contribution in [2.45, 2.75) is 20.8 Å². The van der Waals surface area contributed by atoms with Crippen LogP contribution in [-0.2, 0) is 0 Å². The van der Waals surface area contributed by atoms with E-state index in [1.54, 1.807) is 0 Å². The number of pyridine rings is 1. The molecule has 0 amide bonds. The molecule has 1 aromatic heterocycles. The van der Waals surface area contributed by atoms with Gasteiger partial charge in [-0.15, -0.1) is 0 Å². The number of hydrogen-bond donors (Lipinski definition) is 0. The van der Waals surface area contributed by atoms with E-state index in [1.165, 1.54) is 19.1 Å². The van der Waals surface area contributed by atoms with Gasteiger partial charge in [0.25, 0.3) is 0 Å². The Labute approximate surface area is 71.4 Å². The molecule has 0 saturated carbocycles. The second-order valence-corrected chi connectivity index (χ2v) is 1.92. The zero-order valence-corrected chi connectivity index (χ0v) is 7.47. The molecule has 0 aliphatic heterocycles. The fraction of sp³-hybridized carbons (Fsp3) is 0.333. The Morgan fingerprint density at radius 1 is 1.42 bits per heavy atom. The average Bonchev–Trinajstić information content (AvgIpc) is 2.09. The lowest BCUT2D eigenvalue weighted by atomic mass is 10.3. The molecule has 66 valence electrons. The van der Waals surface area contributed by atoms with Gasteiger partial charge in [0.05, 0.1) is 6.20 Å². The Morgan fingerprint density at radius 3 is 2.33 bits per heavy atom. The van der Waals surface area contributed by atoms with Gasteiger partial charge < -0.3 is 0 Å². The van der Waals surface area contributed by atoms with Crippen LogP contribution < -0.4 is 0 Å². The quantitative estimate of drug-likeness (QED) is 0.604. The lowest BCUT2D eigenvalue weighted by Gasteiger charge is -1.90. The van der Waals surface area contributed by atoms with Crippen LogP contribution in [0.2, 0.25) is 0 Å². The van der Waals surface area contributed by atoms with Gasteiger partial charge in [0.2, 0.25) is 0 Å². The molecule has 1 aromatic rings. The number of hydrogen-bond acceptors (Lipinski definition) is 2. The van der Waals surface area contributed by atoms with Crippen molar-refractivity contribution in [2.75, 3.05) is 0 Å². The lowest BCUT2D eigenvalue weighted by Crippen LogP contribution is -1.95. The second-order valence-electron chi connectivity index (χ2n) is 1.92. The first-order valence-electron chi connectivity index (χ1n) is 3.82. The van der Waals surface area contributed by atoms with Gasteiger partial charge in [-0.05, 0) is 12.1 Å². The van der Waals surface area contributed by atoms with E-state index < -0.39 is 5.82 Å². The maximum atomic E-state index is 12.2. The number of nitrogens with zero attached hydrogens (tertiary/aromatic N) is 1. The SMILES string of the molecule is CC.CC(=O)c1ccc(F)cn1. The van der Waals surface area contributed by atoms with Crippen LogP contribution >= 0.6 is 0 Å². The summed E-state index contributed by atoms with van der Waals surface area (Å²) in [7, 11) is 0. The minimum absolute atomic E-state index is 0.153. The molecular weight excluding hydrogens is 157 g/mol. The van der Waals surface area contributed by atoms with E-state index in [2.05, 4.69) is 4.98 Å². The normalized spacial score (nSPS) is 8.33. The Kier molecular flexibility index (Phi) is 4.84. The van der Waals surface area contributed by atoms with Crippen LogP contribution in [0.5, 0.6) is 0 Å². The summed E-state index contributed by atoms with van der Waals surface area (Å²) in [5, 5.41) is 0. The molecule has 0 fully saturated rings. The molecule has 1 rings (SSSR count). The van der Waals surface area contributed by atoms with E-state index in [9.17, 15) is 9.18 Å². The molecule has 12 heavy (non-hydrogen) atoms. The summed E-state index contributed by atoms with van der Waals surface area (Å²) >= 11 is 0. The first kappa shape index (κ1) is 10.8. The van der Waals surface area contributed by atoms with E-state index in [4.69, 9.17) is 0 Å². The zero-order valence-electron chi connectivity index (χ0n) is 7.47. The van der Waals surface area contributed by atoms with Crippen LogP contribution in [0.3, 0.4) is 0 Å². The second kappa shape index (κ2) is 5.41. The van der Waals surface area contributed by atoms with Crippen molar-refractivity contribution in [1.29, 1.82) is 0 Å². The number of halogens is 1. The maximum Gasteiger partial charge on any atom is 0.178 e. The molecule has 0 N–H and O–H groups in total. The molecule has 0 saturated heterocycles. The van der Waals surface area contributed by atoms with E-state index in [1.807, 2.05) is 13.8 Å². The van der Waals surface area contributed by atoms with Crippen molar-refractivity contribution in [3.63, 3.8) is 0 Å². The smallest absolute Gasteiger partial charge is 0.178 e. The monoisotopic (exact) mass is 169 g/mol. The molecule has 0 aliphatic carbocycles. The molecule has 0 aliphatic rings. The van der Waals surface area contributed by atoms with Crippen LogP contribution in [0.4, 0.5) is 4.39 Å². The molecule has 0 spiro atoms. The summed E-state index contributed by atoms with van der Waals surface area (Å²) in [5.74, 6) is -0.579. The van der Waals surface area contributed by atoms with Crippen LogP contribution in [-0.4, -0.2) is 10.8 Å². The summed E-state index contributed by atoms with van der Waals surface area (Å²) in [6.45, 7) is 5.39. The van der Waals surface area contributed by atoms with Crippen molar-refractivity contribution in [2.24, 2.45) is 0 Å². The fourth-order valence-corrected chi connectivity index (χ4v) is 0.584. The molecule has 0 aromatic carbocycles. The summed E-state index contributed by atoms with van der Waals surface area (Å²) in [6.07, 6.45) is 1.02. The van der Waals surface area contributed by atoms with E-state index in [0.717, 1.165) is 6.20 Å². The van der Waals surface area contributed by atoms with Crippen molar-refractivity contribution in [3.8, 4) is 0 Å². The summed E-state index contributed by atoms with van der Waals surface area (Å²) in [4.78, 5) is 14.1. The number of carbonyl (C=O) groups excluding carboxylic acids is 1. The summed E-state index contributed by atoms with van der Waals surface area (Å²) < 4.78 is 12.2. The Bertz CT molecular complexity index is 243. The minimum atomic E-state index is -0.426. The van der Waals surface area contributed by atoms with Crippen LogP contribution in [0.1, 0.15) is 31.3 Å². The molecule has 0 atom stereocenters. The van der Waals surface area contributed by atoms with E-state index >= 15 is 0 Å². The van der Waals surface area contributed by atoms with Gasteiger partial charge in [0.1, 0.15) is 11.5 Å². The molecular formula is C9H12FNO. The Hall–Kier alpha value is -1.25. The van der Waals surface area contributed by atoms with Gasteiger partial charge in [-0.3, -0.25) is 9.78 Å². The summed E-state index contributed by atoms with van der Waals surface area (Å²) in [5.41, 5.74) is 0.293. The molecule has 0 radical (unpaired) electrons. The van der Waals surface area contributed by atoms with Crippen molar-refractivity contribution < 1.29 is 9.18 Å². The third-order valence-corrected chi connectivity index (χ3v) is 1.09. The summed E-state index contributed by atoms with van der Waals surface area (Å²) in [6, 6.07) is 2.57. The van der Waals surface area contributed by atoms with E-state index in [0.29, 0.717) is 5.69 Å². The first-order chi connectivity index (χ1) is 5.70. The van der Waals surface area contributed by atoms with Gasteiger partial charge in [-0.1, -0.05) is 13.8 Å². The molecule has 1 heterocycles. The number of rotatable bonds is 1. The van der Waals surface area contributed by atoms with Gasteiger partial charge >= 0.3 is 0 Å². The number of carbonyl (C=O) groups is 1. The molecule has 0 unspecified atom stereocenters. The van der Waals surface area contributed by atoms with Gasteiger partial charge in [0.15, 0.2) is 5.78 Å². The minimum Gasteiger partial charge on any atom is -0.293 e. The standard InChI is InChI=1S/C7H6FNO.C2H6/c1-5(10)7-3-2-6(8)4-9-7;1-2/h2-4H,1H3;1-2H3. The predicted octanol–water partition coefficient (Wildman–Crippen LogP) is 2.45. The third-order valence-electron chi connectivity index (χ3n) is 1.09. The molecule has 3 heteroatoms. The van der Waals surface area contributed by atoms with Gasteiger partial charge in [-0.2, -0.15) is 0 Å². The topological polar surface area (TPSA) is 30.0 Å². The Morgan fingerprint density at radius 2 is 2.00 bits per heavy atom. The van der Waals surface area contributed by atoms with E-state index in [-0.39, 0.29) is 5.78 Å².